The van der Waals surface area contributed by atoms with E-state index in [4.69, 9.17) is 0 Å². The summed E-state index contributed by atoms with van der Waals surface area (Å²) in [7, 11) is -3.51. The number of benzene rings is 2. The second-order valence-corrected chi connectivity index (χ2v) is 10.6. The molecule has 2 aromatic heterocycles. The monoisotopic (exact) mass is 478 g/mol. The van der Waals surface area contributed by atoms with E-state index in [2.05, 4.69) is 31.1 Å². The van der Waals surface area contributed by atoms with Crippen LogP contribution in [-0.4, -0.2) is 40.2 Å². The Labute approximate surface area is 199 Å². The highest BCUT2D eigenvalue weighted by atomic mass is 32.2. The van der Waals surface area contributed by atoms with Gasteiger partial charge in [-0.3, -0.25) is 0 Å². The van der Waals surface area contributed by atoms with Crippen LogP contribution in [0.4, 0.5) is 4.39 Å². The van der Waals surface area contributed by atoms with Crippen molar-refractivity contribution in [3.63, 3.8) is 0 Å². The molecule has 2 aromatic carbocycles. The van der Waals surface area contributed by atoms with Crippen LogP contribution < -0.4 is 0 Å². The zero-order valence-corrected chi connectivity index (χ0v) is 20.1. The average Bonchev–Trinajstić information content (AvgIpc) is 3.47. The Balaban J connectivity index is 1.40. The summed E-state index contributed by atoms with van der Waals surface area (Å²) in [6.07, 6.45) is 8.97. The summed E-state index contributed by atoms with van der Waals surface area (Å²) in [4.78, 5) is 0.351. The van der Waals surface area contributed by atoms with Crippen LogP contribution in [0, 0.1) is 12.7 Å². The van der Waals surface area contributed by atoms with Gasteiger partial charge < -0.3 is 4.57 Å². The van der Waals surface area contributed by atoms with Gasteiger partial charge in [0, 0.05) is 37.4 Å². The highest BCUT2D eigenvalue weighted by molar-refractivity contribution is 7.89. The predicted molar refractivity (Wildman–Crippen MR) is 132 cm³/mol. The second kappa shape index (κ2) is 8.85. The quantitative estimate of drug-likeness (QED) is 0.385. The van der Waals surface area contributed by atoms with Gasteiger partial charge in [0.1, 0.15) is 5.82 Å². The van der Waals surface area contributed by atoms with E-state index in [1.165, 1.54) is 12.1 Å². The molecule has 0 bridgehead atoms. The highest BCUT2D eigenvalue weighted by Gasteiger charge is 2.27. The molecule has 0 spiro atoms. The molecule has 1 aliphatic rings. The van der Waals surface area contributed by atoms with Gasteiger partial charge in [-0.2, -0.15) is 9.40 Å². The van der Waals surface area contributed by atoms with Crippen LogP contribution in [-0.2, 0) is 16.6 Å². The fourth-order valence-electron chi connectivity index (χ4n) is 4.54. The van der Waals surface area contributed by atoms with Gasteiger partial charge in [0.15, 0.2) is 0 Å². The van der Waals surface area contributed by atoms with Crippen LogP contribution in [0.15, 0.2) is 72.0 Å². The molecule has 0 aliphatic carbocycles. The Morgan fingerprint density at radius 2 is 1.91 bits per heavy atom. The highest BCUT2D eigenvalue weighted by Crippen LogP contribution is 2.31. The number of fused-ring (bicyclic) bond motifs is 1. The third-order valence-corrected chi connectivity index (χ3v) is 8.19. The van der Waals surface area contributed by atoms with Gasteiger partial charge in [-0.25, -0.2) is 17.5 Å². The summed E-state index contributed by atoms with van der Waals surface area (Å²) in [6.45, 7) is 5.72. The van der Waals surface area contributed by atoms with Gasteiger partial charge in [-0.05, 0) is 78.9 Å². The van der Waals surface area contributed by atoms with Gasteiger partial charge >= 0.3 is 0 Å². The predicted octanol–water partition coefficient (Wildman–Crippen LogP) is 5.16. The number of aromatic nitrogens is 3. The van der Waals surface area contributed by atoms with Gasteiger partial charge in [-0.15, -0.1) is 0 Å². The lowest BCUT2D eigenvalue weighted by Crippen LogP contribution is -2.34. The minimum absolute atomic E-state index is 0.280. The van der Waals surface area contributed by atoms with Crippen molar-refractivity contribution in [2.24, 2.45) is 0 Å². The average molecular weight is 479 g/mol. The Bertz CT molecular complexity index is 1480. The number of hydrogen-bond acceptors (Lipinski definition) is 3. The molecule has 0 amide bonds. The van der Waals surface area contributed by atoms with E-state index in [0.717, 1.165) is 46.3 Å². The second-order valence-electron chi connectivity index (χ2n) is 8.69. The molecular formula is C26H27FN4O2S. The lowest BCUT2D eigenvalue weighted by molar-refractivity contribution is 0.441. The molecule has 0 saturated heterocycles. The maximum Gasteiger partial charge on any atom is 0.244 e. The number of aryl methyl sites for hydroxylation is 2. The summed E-state index contributed by atoms with van der Waals surface area (Å²) in [5, 5.41) is 5.49. The number of nitrogens with zero attached hydrogens (tertiary/aromatic N) is 4. The lowest BCUT2D eigenvalue weighted by atomic mass is 9.95. The van der Waals surface area contributed by atoms with Crippen molar-refractivity contribution in [3.8, 4) is 5.69 Å². The van der Waals surface area contributed by atoms with E-state index in [0.29, 0.717) is 24.4 Å². The van der Waals surface area contributed by atoms with E-state index in [-0.39, 0.29) is 5.82 Å². The zero-order valence-electron chi connectivity index (χ0n) is 19.3. The van der Waals surface area contributed by atoms with Crippen LogP contribution in [0.3, 0.4) is 0 Å². The molecule has 5 rings (SSSR count). The Morgan fingerprint density at radius 1 is 1.12 bits per heavy atom. The molecule has 0 fully saturated rings. The Kier molecular flexibility index (Phi) is 5.87. The summed E-state index contributed by atoms with van der Waals surface area (Å²) in [5.41, 5.74) is 5.09. The molecule has 4 aromatic rings. The zero-order chi connectivity index (χ0) is 23.9. The van der Waals surface area contributed by atoms with Crippen LogP contribution in [0.2, 0.25) is 0 Å². The number of sulfonamides is 1. The first kappa shape index (κ1) is 22.6. The van der Waals surface area contributed by atoms with Gasteiger partial charge in [-0.1, -0.05) is 13.0 Å². The maximum atomic E-state index is 13.3. The topological polar surface area (TPSA) is 60.1 Å². The molecule has 0 unspecified atom stereocenters. The first-order valence-corrected chi connectivity index (χ1v) is 12.9. The molecule has 0 N–H and O–H groups in total. The van der Waals surface area contributed by atoms with Crippen LogP contribution >= 0.6 is 0 Å². The van der Waals surface area contributed by atoms with Crippen molar-refractivity contribution in [2.75, 3.05) is 13.1 Å². The maximum absolute atomic E-state index is 13.3. The Hall–Kier alpha value is -3.23. The van der Waals surface area contributed by atoms with Crippen molar-refractivity contribution in [1.29, 1.82) is 0 Å². The SMILES string of the molecule is CCCn1ccc(S(=O)(=O)N2CC=C(c3cc4cnn(-c5ccc(F)cc5)c4cc3C)CC2)c1. The number of hydrogen-bond donors (Lipinski definition) is 0. The summed E-state index contributed by atoms with van der Waals surface area (Å²) >= 11 is 0. The van der Waals surface area contributed by atoms with E-state index in [1.54, 1.807) is 33.4 Å². The molecule has 0 radical (unpaired) electrons. The third-order valence-electron chi connectivity index (χ3n) is 6.35. The smallest absolute Gasteiger partial charge is 0.244 e. The molecule has 6 nitrogen and oxygen atoms in total. The molecule has 176 valence electrons. The molecule has 0 atom stereocenters. The van der Waals surface area contributed by atoms with Crippen molar-refractivity contribution < 1.29 is 12.8 Å². The van der Waals surface area contributed by atoms with Gasteiger partial charge in [0.2, 0.25) is 10.0 Å². The lowest BCUT2D eigenvalue weighted by Gasteiger charge is -2.26. The first-order valence-electron chi connectivity index (χ1n) is 11.5. The van der Waals surface area contributed by atoms with Crippen molar-refractivity contribution >= 4 is 26.5 Å². The van der Waals surface area contributed by atoms with Crippen LogP contribution in [0.5, 0.6) is 0 Å². The summed E-state index contributed by atoms with van der Waals surface area (Å²) in [5.74, 6) is -0.280. The standard InChI is InChI=1S/C26H27FN4O2S/c1-3-11-29-12-10-24(18-29)34(32,33)30-13-8-20(9-14-30)25-16-21-17-28-31(26(21)15-19(25)2)23-6-4-22(27)5-7-23/h4-8,10,12,15-18H,3,9,11,13-14H2,1-2H3. The normalized spacial score (nSPS) is 15.1. The minimum atomic E-state index is -3.51. The van der Waals surface area contributed by atoms with E-state index in [1.807, 2.05) is 23.0 Å². The van der Waals surface area contributed by atoms with Gasteiger partial charge in [0.05, 0.1) is 22.3 Å². The fourth-order valence-corrected chi connectivity index (χ4v) is 5.95. The molecular weight excluding hydrogens is 451 g/mol. The largest absolute Gasteiger partial charge is 0.353 e. The molecule has 8 heteroatoms. The van der Waals surface area contributed by atoms with E-state index >= 15 is 0 Å². The summed E-state index contributed by atoms with van der Waals surface area (Å²) < 4.78 is 44.8. The molecule has 3 heterocycles. The first-order chi connectivity index (χ1) is 16.4. The van der Waals surface area contributed by atoms with Gasteiger partial charge in [0.25, 0.3) is 0 Å². The third kappa shape index (κ3) is 4.08. The van der Waals surface area contributed by atoms with Crippen molar-refractivity contribution in [2.45, 2.75) is 38.1 Å². The molecule has 1 aliphatic heterocycles. The van der Waals surface area contributed by atoms with Crippen molar-refractivity contribution in [3.05, 3.63) is 84.1 Å². The van der Waals surface area contributed by atoms with Crippen LogP contribution in [0.25, 0.3) is 22.2 Å². The van der Waals surface area contributed by atoms with E-state index in [9.17, 15) is 12.8 Å². The number of halogens is 1. The van der Waals surface area contributed by atoms with Crippen molar-refractivity contribution in [1.82, 2.24) is 18.7 Å². The number of rotatable bonds is 6. The van der Waals surface area contributed by atoms with Crippen LogP contribution in [0.1, 0.15) is 30.9 Å². The summed E-state index contributed by atoms with van der Waals surface area (Å²) in [6, 6.07) is 12.1. The Morgan fingerprint density at radius 3 is 2.62 bits per heavy atom. The minimum Gasteiger partial charge on any atom is -0.353 e. The van der Waals surface area contributed by atoms with E-state index < -0.39 is 10.0 Å². The fraction of sp³-hybridized carbons (Fsp3) is 0.269. The molecule has 34 heavy (non-hydrogen) atoms. The molecule has 0 saturated carbocycles.